The number of nitrogens with zero attached hydrogens (tertiary/aromatic N) is 1. The van der Waals surface area contributed by atoms with E-state index in [1.807, 2.05) is 37.3 Å². The van der Waals surface area contributed by atoms with E-state index in [4.69, 9.17) is 10.5 Å². The first-order valence-corrected chi connectivity index (χ1v) is 6.87. The standard InChI is InChI=1S/C16H19N3O2.2ClH/c1-12(17)7-8-16(20)19-14-11-18-10-9-15(14)21-13-5-3-2-4-6-13;;/h2-6,9-12H,7-8,17H2,1H3,(H,19,20);2*1H. The van der Waals surface area contributed by atoms with Crippen LogP contribution in [0.3, 0.4) is 0 Å². The number of pyridine rings is 1. The number of nitrogens with two attached hydrogens (primary N) is 1. The van der Waals surface area contributed by atoms with E-state index in [0.29, 0.717) is 30.0 Å². The fraction of sp³-hybridized carbons (Fsp3) is 0.250. The summed E-state index contributed by atoms with van der Waals surface area (Å²) in [7, 11) is 0. The predicted octanol–water partition coefficient (Wildman–Crippen LogP) is 3.78. The van der Waals surface area contributed by atoms with Crippen LogP contribution in [0, 0.1) is 0 Å². The second kappa shape index (κ2) is 10.8. The van der Waals surface area contributed by atoms with E-state index < -0.39 is 0 Å². The van der Waals surface area contributed by atoms with E-state index in [9.17, 15) is 4.79 Å². The third kappa shape index (κ3) is 7.32. The van der Waals surface area contributed by atoms with Crippen LogP contribution in [0.2, 0.25) is 0 Å². The van der Waals surface area contributed by atoms with Gasteiger partial charge in [0, 0.05) is 24.7 Å². The number of nitrogens with one attached hydrogen (secondary N) is 1. The van der Waals surface area contributed by atoms with Crippen molar-refractivity contribution in [3.63, 3.8) is 0 Å². The van der Waals surface area contributed by atoms with Gasteiger partial charge >= 0.3 is 0 Å². The minimum Gasteiger partial charge on any atom is -0.455 e. The number of carbonyl (C=O) groups is 1. The summed E-state index contributed by atoms with van der Waals surface area (Å²) in [5.74, 6) is 1.17. The van der Waals surface area contributed by atoms with Gasteiger partial charge in [0.25, 0.3) is 0 Å². The monoisotopic (exact) mass is 357 g/mol. The molecule has 2 rings (SSSR count). The SMILES string of the molecule is CC(N)CCC(=O)Nc1cnccc1Oc1ccccc1.Cl.Cl. The first-order chi connectivity index (χ1) is 10.1. The Morgan fingerprint density at radius 2 is 1.96 bits per heavy atom. The highest BCUT2D eigenvalue weighted by molar-refractivity contribution is 5.92. The van der Waals surface area contributed by atoms with Crippen LogP contribution in [0.25, 0.3) is 0 Å². The van der Waals surface area contributed by atoms with Crippen LogP contribution in [0.4, 0.5) is 5.69 Å². The molecule has 2 aromatic rings. The van der Waals surface area contributed by atoms with Crippen molar-refractivity contribution >= 4 is 36.4 Å². The number of aromatic nitrogens is 1. The fourth-order valence-corrected chi connectivity index (χ4v) is 1.75. The molecule has 1 aromatic heterocycles. The average Bonchev–Trinajstić information content (AvgIpc) is 2.48. The topological polar surface area (TPSA) is 77.2 Å². The van der Waals surface area contributed by atoms with Gasteiger partial charge in [0.2, 0.25) is 5.91 Å². The minimum atomic E-state index is -0.0989. The number of ether oxygens (including phenoxy) is 1. The molecule has 0 aliphatic rings. The Labute approximate surface area is 148 Å². The van der Waals surface area contributed by atoms with Crippen LogP contribution in [-0.4, -0.2) is 16.9 Å². The summed E-state index contributed by atoms with van der Waals surface area (Å²) >= 11 is 0. The maximum absolute atomic E-state index is 11.9. The average molecular weight is 358 g/mol. The molecule has 0 spiro atoms. The molecule has 7 heteroatoms. The number of para-hydroxylation sites is 1. The fourth-order valence-electron chi connectivity index (χ4n) is 1.75. The van der Waals surface area contributed by atoms with Crippen molar-refractivity contribution in [2.24, 2.45) is 5.73 Å². The van der Waals surface area contributed by atoms with Gasteiger partial charge in [-0.1, -0.05) is 18.2 Å². The van der Waals surface area contributed by atoms with Gasteiger partial charge in [0.15, 0.2) is 5.75 Å². The van der Waals surface area contributed by atoms with Crippen molar-refractivity contribution in [3.8, 4) is 11.5 Å². The highest BCUT2D eigenvalue weighted by atomic mass is 35.5. The number of benzene rings is 1. The number of carbonyl (C=O) groups excluding carboxylic acids is 1. The van der Waals surface area contributed by atoms with E-state index >= 15 is 0 Å². The molecule has 126 valence electrons. The number of hydrogen-bond donors (Lipinski definition) is 2. The lowest BCUT2D eigenvalue weighted by molar-refractivity contribution is -0.116. The van der Waals surface area contributed by atoms with Gasteiger partial charge in [0.05, 0.1) is 6.20 Å². The van der Waals surface area contributed by atoms with Crippen LogP contribution >= 0.6 is 24.8 Å². The van der Waals surface area contributed by atoms with E-state index in [0.717, 1.165) is 0 Å². The molecule has 1 amide bonds. The van der Waals surface area contributed by atoms with Crippen molar-refractivity contribution < 1.29 is 9.53 Å². The van der Waals surface area contributed by atoms with Gasteiger partial charge in [-0.2, -0.15) is 0 Å². The zero-order chi connectivity index (χ0) is 15.1. The summed E-state index contributed by atoms with van der Waals surface area (Å²) in [6, 6.07) is 11.1. The Balaban J connectivity index is 0.00000242. The Hall–Kier alpha value is -1.82. The van der Waals surface area contributed by atoms with E-state index in [2.05, 4.69) is 10.3 Å². The first-order valence-electron chi connectivity index (χ1n) is 6.87. The number of anilines is 1. The second-order valence-corrected chi connectivity index (χ2v) is 4.85. The molecule has 1 atom stereocenters. The van der Waals surface area contributed by atoms with E-state index in [1.165, 1.54) is 0 Å². The van der Waals surface area contributed by atoms with Crippen LogP contribution < -0.4 is 15.8 Å². The molecular weight excluding hydrogens is 337 g/mol. The molecule has 1 aromatic carbocycles. The molecular formula is C16H21Cl2N3O2. The van der Waals surface area contributed by atoms with Crippen LogP contribution in [0.5, 0.6) is 11.5 Å². The molecule has 0 radical (unpaired) electrons. The summed E-state index contributed by atoms with van der Waals surface area (Å²) in [5, 5.41) is 2.80. The minimum absolute atomic E-state index is 0. The Morgan fingerprint density at radius 1 is 1.26 bits per heavy atom. The molecule has 0 saturated carbocycles. The molecule has 0 saturated heterocycles. The van der Waals surface area contributed by atoms with Crippen molar-refractivity contribution in [1.29, 1.82) is 0 Å². The van der Waals surface area contributed by atoms with Crippen LogP contribution in [0.1, 0.15) is 19.8 Å². The maximum atomic E-state index is 11.9. The summed E-state index contributed by atoms with van der Waals surface area (Å²) in [5.41, 5.74) is 6.20. The van der Waals surface area contributed by atoms with Gasteiger partial charge in [-0.05, 0) is 25.5 Å². The van der Waals surface area contributed by atoms with Crippen LogP contribution in [-0.2, 0) is 4.79 Å². The van der Waals surface area contributed by atoms with Crippen molar-refractivity contribution in [2.75, 3.05) is 5.32 Å². The summed E-state index contributed by atoms with van der Waals surface area (Å²) < 4.78 is 5.76. The lowest BCUT2D eigenvalue weighted by Crippen LogP contribution is -2.19. The number of amides is 1. The number of halogens is 2. The lowest BCUT2D eigenvalue weighted by atomic mass is 10.2. The third-order valence-electron chi connectivity index (χ3n) is 2.85. The molecule has 0 aliphatic carbocycles. The molecule has 23 heavy (non-hydrogen) atoms. The lowest BCUT2D eigenvalue weighted by Gasteiger charge is -2.12. The maximum Gasteiger partial charge on any atom is 0.224 e. The van der Waals surface area contributed by atoms with Gasteiger partial charge in [-0.15, -0.1) is 24.8 Å². The molecule has 0 bridgehead atoms. The summed E-state index contributed by atoms with van der Waals surface area (Å²) in [6.07, 6.45) is 4.20. The Kier molecular flexibility index (Phi) is 9.97. The highest BCUT2D eigenvalue weighted by Gasteiger charge is 2.09. The van der Waals surface area contributed by atoms with Gasteiger partial charge in [0.1, 0.15) is 11.4 Å². The summed E-state index contributed by atoms with van der Waals surface area (Å²) in [4.78, 5) is 15.9. The molecule has 0 fully saturated rings. The number of rotatable bonds is 6. The Bertz CT molecular complexity index is 595. The van der Waals surface area contributed by atoms with Gasteiger partial charge in [-0.3, -0.25) is 9.78 Å². The first kappa shape index (κ1) is 21.2. The third-order valence-corrected chi connectivity index (χ3v) is 2.85. The van der Waals surface area contributed by atoms with E-state index in [-0.39, 0.29) is 36.8 Å². The largest absolute Gasteiger partial charge is 0.455 e. The zero-order valence-electron chi connectivity index (χ0n) is 12.8. The van der Waals surface area contributed by atoms with Crippen LogP contribution in [0.15, 0.2) is 48.8 Å². The van der Waals surface area contributed by atoms with Crippen molar-refractivity contribution in [2.45, 2.75) is 25.8 Å². The molecule has 5 nitrogen and oxygen atoms in total. The quantitative estimate of drug-likeness (QED) is 0.824. The van der Waals surface area contributed by atoms with Gasteiger partial charge in [-0.25, -0.2) is 0 Å². The highest BCUT2D eigenvalue weighted by Crippen LogP contribution is 2.28. The second-order valence-electron chi connectivity index (χ2n) is 4.85. The normalized spacial score (nSPS) is 10.7. The molecule has 1 heterocycles. The Morgan fingerprint density at radius 3 is 2.61 bits per heavy atom. The molecule has 0 aliphatic heterocycles. The van der Waals surface area contributed by atoms with Crippen molar-refractivity contribution in [1.82, 2.24) is 4.98 Å². The number of hydrogen-bond acceptors (Lipinski definition) is 4. The zero-order valence-corrected chi connectivity index (χ0v) is 14.4. The summed E-state index contributed by atoms with van der Waals surface area (Å²) in [6.45, 7) is 1.88. The van der Waals surface area contributed by atoms with Gasteiger partial charge < -0.3 is 15.8 Å². The molecule has 3 N–H and O–H groups in total. The van der Waals surface area contributed by atoms with E-state index in [1.54, 1.807) is 18.5 Å². The van der Waals surface area contributed by atoms with Crippen molar-refractivity contribution in [3.05, 3.63) is 48.8 Å². The molecule has 1 unspecified atom stereocenters. The predicted molar refractivity (Wildman–Crippen MR) is 96.8 cm³/mol. The smallest absolute Gasteiger partial charge is 0.224 e.